The van der Waals surface area contributed by atoms with Gasteiger partial charge in [0.15, 0.2) is 0 Å². The quantitative estimate of drug-likeness (QED) is 0.893. The van der Waals surface area contributed by atoms with E-state index in [9.17, 15) is 4.79 Å². The van der Waals surface area contributed by atoms with Crippen molar-refractivity contribution in [2.24, 2.45) is 0 Å². The van der Waals surface area contributed by atoms with Crippen LogP contribution in [0, 0.1) is 0 Å². The Kier molecular flexibility index (Phi) is 4.58. The Bertz CT molecular complexity index is 436. The van der Waals surface area contributed by atoms with Crippen molar-refractivity contribution in [3.63, 3.8) is 0 Å². The zero-order chi connectivity index (χ0) is 13.9. The Balaban J connectivity index is 1.91. The summed E-state index contributed by atoms with van der Waals surface area (Å²) in [4.78, 5) is 17.5. The highest BCUT2D eigenvalue weighted by Gasteiger charge is 2.21. The van der Waals surface area contributed by atoms with E-state index in [1.54, 1.807) is 11.3 Å². The molecule has 2 N–H and O–H groups in total. The Morgan fingerprint density at radius 3 is 2.95 bits per heavy atom. The van der Waals surface area contributed by atoms with E-state index in [1.165, 1.54) is 4.88 Å². The van der Waals surface area contributed by atoms with Crippen LogP contribution in [0.15, 0.2) is 6.20 Å². The molecule has 0 spiro atoms. The van der Waals surface area contributed by atoms with Gasteiger partial charge in [-0.25, -0.2) is 4.98 Å². The zero-order valence-corrected chi connectivity index (χ0v) is 12.8. The zero-order valence-electron chi connectivity index (χ0n) is 12.0. The SMILES string of the molecule is CC(C)(C)c1ncc(CNC2CCCCNC2=O)s1. The van der Waals surface area contributed by atoms with Crippen LogP contribution >= 0.6 is 11.3 Å². The lowest BCUT2D eigenvalue weighted by Crippen LogP contribution is -2.42. The Morgan fingerprint density at radius 2 is 2.26 bits per heavy atom. The van der Waals surface area contributed by atoms with E-state index in [0.29, 0.717) is 0 Å². The second-order valence-electron chi connectivity index (χ2n) is 6.10. The molecule has 0 aromatic carbocycles. The summed E-state index contributed by atoms with van der Waals surface area (Å²) in [5, 5.41) is 7.45. The lowest BCUT2D eigenvalue weighted by atomic mass is 9.98. The molecule has 1 amide bonds. The summed E-state index contributed by atoms with van der Waals surface area (Å²) in [6.45, 7) is 8.04. The van der Waals surface area contributed by atoms with Gasteiger partial charge in [-0.1, -0.05) is 20.8 Å². The number of nitrogens with one attached hydrogen (secondary N) is 2. The van der Waals surface area contributed by atoms with Crippen molar-refractivity contribution in [3.05, 3.63) is 16.1 Å². The minimum Gasteiger partial charge on any atom is -0.355 e. The van der Waals surface area contributed by atoms with Crippen molar-refractivity contribution >= 4 is 17.2 Å². The minimum atomic E-state index is -0.0531. The maximum absolute atomic E-state index is 11.8. The van der Waals surface area contributed by atoms with E-state index in [2.05, 4.69) is 36.4 Å². The van der Waals surface area contributed by atoms with Crippen molar-refractivity contribution < 1.29 is 4.79 Å². The average Bonchev–Trinajstić information content (AvgIpc) is 2.72. The molecule has 2 rings (SSSR count). The number of hydrogen-bond donors (Lipinski definition) is 2. The molecule has 0 aliphatic carbocycles. The van der Waals surface area contributed by atoms with Crippen molar-refractivity contribution in [2.45, 2.75) is 58.0 Å². The van der Waals surface area contributed by atoms with Crippen LogP contribution in [0.4, 0.5) is 0 Å². The van der Waals surface area contributed by atoms with Crippen LogP contribution in [-0.4, -0.2) is 23.5 Å². The summed E-state index contributed by atoms with van der Waals surface area (Å²) in [5.41, 5.74) is 0.0998. The third kappa shape index (κ3) is 4.01. The van der Waals surface area contributed by atoms with Gasteiger partial charge in [0.25, 0.3) is 0 Å². The molecule has 2 heterocycles. The number of thiazole rings is 1. The van der Waals surface area contributed by atoms with Crippen LogP contribution in [0.25, 0.3) is 0 Å². The lowest BCUT2D eigenvalue weighted by Gasteiger charge is -2.15. The normalized spacial score (nSPS) is 21.0. The summed E-state index contributed by atoms with van der Waals surface area (Å²) in [6, 6.07) is -0.0531. The van der Waals surface area contributed by atoms with E-state index in [1.807, 2.05) is 6.20 Å². The van der Waals surface area contributed by atoms with Gasteiger partial charge in [-0.2, -0.15) is 0 Å². The number of carbonyl (C=O) groups is 1. The Hall–Kier alpha value is -0.940. The summed E-state index contributed by atoms with van der Waals surface area (Å²) >= 11 is 1.73. The first-order valence-corrected chi connectivity index (χ1v) is 7.75. The smallest absolute Gasteiger partial charge is 0.237 e. The van der Waals surface area contributed by atoms with E-state index in [4.69, 9.17) is 0 Å². The number of rotatable bonds is 3. The molecular formula is C14H23N3OS. The van der Waals surface area contributed by atoms with Crippen molar-refractivity contribution in [1.29, 1.82) is 0 Å². The Labute approximate surface area is 119 Å². The van der Waals surface area contributed by atoms with Crippen LogP contribution in [0.3, 0.4) is 0 Å². The molecule has 0 radical (unpaired) electrons. The van der Waals surface area contributed by atoms with Gasteiger partial charge in [-0.05, 0) is 19.3 Å². The maximum Gasteiger partial charge on any atom is 0.237 e. The lowest BCUT2D eigenvalue weighted by molar-refractivity contribution is -0.122. The van der Waals surface area contributed by atoms with Gasteiger partial charge in [-0.15, -0.1) is 11.3 Å². The number of amides is 1. The molecule has 1 fully saturated rings. The van der Waals surface area contributed by atoms with E-state index < -0.39 is 0 Å². The minimum absolute atomic E-state index is 0.0531. The molecule has 106 valence electrons. The summed E-state index contributed by atoms with van der Waals surface area (Å²) in [7, 11) is 0. The third-order valence-electron chi connectivity index (χ3n) is 3.25. The van der Waals surface area contributed by atoms with Crippen molar-refractivity contribution in [2.75, 3.05) is 6.54 Å². The molecule has 0 saturated carbocycles. The average molecular weight is 281 g/mol. The summed E-state index contributed by atoms with van der Waals surface area (Å²) < 4.78 is 0. The molecule has 1 atom stereocenters. The summed E-state index contributed by atoms with van der Waals surface area (Å²) in [5.74, 6) is 0.137. The van der Waals surface area contributed by atoms with Crippen LogP contribution in [0.5, 0.6) is 0 Å². The molecule has 19 heavy (non-hydrogen) atoms. The molecule has 1 aliphatic rings. The molecule has 1 saturated heterocycles. The summed E-state index contributed by atoms with van der Waals surface area (Å²) in [6.07, 6.45) is 5.04. The van der Waals surface area contributed by atoms with Gasteiger partial charge in [0, 0.05) is 29.6 Å². The fraction of sp³-hybridized carbons (Fsp3) is 0.714. The maximum atomic E-state index is 11.8. The fourth-order valence-corrected chi connectivity index (χ4v) is 3.01. The second-order valence-corrected chi connectivity index (χ2v) is 7.22. The second kappa shape index (κ2) is 6.01. The Morgan fingerprint density at radius 1 is 1.47 bits per heavy atom. The van der Waals surface area contributed by atoms with Crippen molar-refractivity contribution in [3.8, 4) is 0 Å². The molecule has 1 unspecified atom stereocenters. The number of nitrogens with zero attached hydrogens (tertiary/aromatic N) is 1. The fourth-order valence-electron chi connectivity index (χ4n) is 2.09. The highest BCUT2D eigenvalue weighted by atomic mass is 32.1. The topological polar surface area (TPSA) is 54.0 Å². The van der Waals surface area contributed by atoms with Gasteiger partial charge in [0.05, 0.1) is 11.0 Å². The monoisotopic (exact) mass is 281 g/mol. The van der Waals surface area contributed by atoms with Crippen LogP contribution in [-0.2, 0) is 16.8 Å². The predicted octanol–water partition coefficient (Wildman–Crippen LogP) is 2.20. The largest absolute Gasteiger partial charge is 0.355 e. The molecule has 1 aliphatic heterocycles. The van der Waals surface area contributed by atoms with E-state index in [-0.39, 0.29) is 17.4 Å². The van der Waals surface area contributed by atoms with Gasteiger partial charge >= 0.3 is 0 Å². The van der Waals surface area contributed by atoms with Gasteiger partial charge in [0.1, 0.15) is 0 Å². The first-order valence-electron chi connectivity index (χ1n) is 6.93. The van der Waals surface area contributed by atoms with Crippen LogP contribution in [0.1, 0.15) is 49.9 Å². The molecule has 5 heteroatoms. The van der Waals surface area contributed by atoms with Gasteiger partial charge in [-0.3, -0.25) is 4.79 Å². The molecular weight excluding hydrogens is 258 g/mol. The van der Waals surface area contributed by atoms with E-state index in [0.717, 1.165) is 37.4 Å². The number of hydrogen-bond acceptors (Lipinski definition) is 4. The number of aromatic nitrogens is 1. The highest BCUT2D eigenvalue weighted by Crippen LogP contribution is 2.26. The number of carbonyl (C=O) groups excluding carboxylic acids is 1. The first-order chi connectivity index (χ1) is 8.97. The van der Waals surface area contributed by atoms with E-state index >= 15 is 0 Å². The highest BCUT2D eigenvalue weighted by molar-refractivity contribution is 7.11. The molecule has 1 aromatic heterocycles. The van der Waals surface area contributed by atoms with Gasteiger partial charge in [0.2, 0.25) is 5.91 Å². The van der Waals surface area contributed by atoms with Gasteiger partial charge < -0.3 is 10.6 Å². The third-order valence-corrected chi connectivity index (χ3v) is 4.68. The van der Waals surface area contributed by atoms with Crippen LogP contribution in [0.2, 0.25) is 0 Å². The molecule has 1 aromatic rings. The first kappa shape index (κ1) is 14.5. The van der Waals surface area contributed by atoms with Crippen LogP contribution < -0.4 is 10.6 Å². The predicted molar refractivity (Wildman–Crippen MR) is 78.3 cm³/mol. The standard InChI is InChI=1S/C14H23N3OS/c1-14(2,3)13-17-9-10(19-13)8-16-11-6-4-5-7-15-12(11)18/h9,11,16H,4-8H2,1-3H3,(H,15,18). The molecule has 0 bridgehead atoms. The molecule has 4 nitrogen and oxygen atoms in total. The van der Waals surface area contributed by atoms with Crippen molar-refractivity contribution in [1.82, 2.24) is 15.6 Å².